The lowest BCUT2D eigenvalue weighted by Crippen LogP contribution is -2.28. The van der Waals surface area contributed by atoms with Crippen molar-refractivity contribution >= 4 is 9.84 Å². The molecule has 15 heavy (non-hydrogen) atoms. The fraction of sp³-hybridized carbons (Fsp3) is 0.400. The Hall–Kier alpha value is -0.940. The molecule has 1 aromatic carbocycles. The van der Waals surface area contributed by atoms with Crippen molar-refractivity contribution in [1.29, 1.82) is 0 Å². The molecule has 2 N–H and O–H groups in total. The Labute approximate surface area is 89.0 Å². The first-order valence-corrected chi connectivity index (χ1v) is 6.30. The molecule has 0 radical (unpaired) electrons. The predicted octanol–water partition coefficient (Wildman–Crippen LogP) is 1.42. The summed E-state index contributed by atoms with van der Waals surface area (Å²) in [6.45, 7) is 3.46. The summed E-state index contributed by atoms with van der Waals surface area (Å²) in [7, 11) is -3.55. The van der Waals surface area contributed by atoms with Gasteiger partial charge in [-0.05, 0) is 31.5 Å². The van der Waals surface area contributed by atoms with E-state index < -0.39 is 21.2 Å². The third-order valence-corrected chi connectivity index (χ3v) is 3.19. The Morgan fingerprint density at radius 3 is 2.27 bits per heavy atom. The van der Waals surface area contributed by atoms with E-state index in [1.807, 2.05) is 0 Å². The highest BCUT2D eigenvalue weighted by Gasteiger charge is 2.20. The van der Waals surface area contributed by atoms with Gasteiger partial charge in [-0.2, -0.15) is 0 Å². The fourth-order valence-corrected chi connectivity index (χ4v) is 1.95. The van der Waals surface area contributed by atoms with Crippen LogP contribution in [0.2, 0.25) is 0 Å². The van der Waals surface area contributed by atoms with Crippen LogP contribution in [0.3, 0.4) is 0 Å². The van der Waals surface area contributed by atoms with Crippen LogP contribution in [0.5, 0.6) is 0 Å². The molecule has 0 aliphatic heterocycles. The number of hydrogen-bond donors (Lipinski definition) is 1. The van der Waals surface area contributed by atoms with Crippen molar-refractivity contribution in [3.05, 3.63) is 29.6 Å². The van der Waals surface area contributed by atoms with Crippen LogP contribution in [-0.2, 0) is 15.4 Å². The van der Waals surface area contributed by atoms with Gasteiger partial charge >= 0.3 is 0 Å². The van der Waals surface area contributed by atoms with E-state index in [1.165, 1.54) is 12.1 Å². The molecule has 0 atom stereocenters. The molecule has 0 spiro atoms. The summed E-state index contributed by atoms with van der Waals surface area (Å²) in [6, 6.07) is 3.90. The molecular formula is C10H14FNO2S. The van der Waals surface area contributed by atoms with Crippen LogP contribution in [0.1, 0.15) is 19.4 Å². The largest absolute Gasteiger partial charge is 0.322 e. The molecule has 0 unspecified atom stereocenters. The van der Waals surface area contributed by atoms with Crippen molar-refractivity contribution in [2.45, 2.75) is 24.3 Å². The maximum Gasteiger partial charge on any atom is 0.178 e. The molecule has 0 aliphatic carbocycles. The van der Waals surface area contributed by atoms with E-state index in [-0.39, 0.29) is 4.90 Å². The van der Waals surface area contributed by atoms with E-state index in [2.05, 4.69) is 0 Å². The average molecular weight is 231 g/mol. The van der Waals surface area contributed by atoms with Gasteiger partial charge in [0.2, 0.25) is 0 Å². The van der Waals surface area contributed by atoms with Gasteiger partial charge in [-0.25, -0.2) is 12.8 Å². The second kappa shape index (κ2) is 3.57. The van der Waals surface area contributed by atoms with E-state index in [4.69, 9.17) is 5.73 Å². The SMILES string of the molecule is CC(C)(N)c1ccc(F)c(S(C)(=O)=O)c1. The van der Waals surface area contributed by atoms with Crippen LogP contribution >= 0.6 is 0 Å². The molecule has 0 saturated carbocycles. The maximum absolute atomic E-state index is 13.2. The Balaban J connectivity index is 3.43. The third kappa shape index (κ3) is 2.76. The Kier molecular flexibility index (Phi) is 2.89. The second-order valence-corrected chi connectivity index (χ2v) is 6.12. The highest BCUT2D eigenvalue weighted by molar-refractivity contribution is 7.90. The topological polar surface area (TPSA) is 60.2 Å². The number of sulfone groups is 1. The van der Waals surface area contributed by atoms with Gasteiger partial charge in [0, 0.05) is 11.8 Å². The lowest BCUT2D eigenvalue weighted by molar-refractivity contribution is 0.539. The molecule has 0 amide bonds. The molecule has 1 rings (SSSR count). The van der Waals surface area contributed by atoms with Gasteiger partial charge in [0.1, 0.15) is 10.7 Å². The zero-order valence-electron chi connectivity index (χ0n) is 8.91. The van der Waals surface area contributed by atoms with Gasteiger partial charge in [-0.1, -0.05) is 6.07 Å². The highest BCUT2D eigenvalue weighted by atomic mass is 32.2. The first-order chi connectivity index (χ1) is 6.62. The molecule has 0 heterocycles. The second-order valence-electron chi connectivity index (χ2n) is 4.14. The third-order valence-electron chi connectivity index (χ3n) is 2.07. The van der Waals surface area contributed by atoms with E-state index in [0.717, 1.165) is 12.3 Å². The van der Waals surface area contributed by atoms with Crippen molar-refractivity contribution in [2.24, 2.45) is 5.73 Å². The van der Waals surface area contributed by atoms with Gasteiger partial charge in [-0.15, -0.1) is 0 Å². The zero-order chi connectivity index (χ0) is 11.9. The smallest absolute Gasteiger partial charge is 0.178 e. The minimum absolute atomic E-state index is 0.307. The van der Waals surface area contributed by atoms with Crippen molar-refractivity contribution in [2.75, 3.05) is 6.26 Å². The Morgan fingerprint density at radius 1 is 1.33 bits per heavy atom. The van der Waals surface area contributed by atoms with Crippen molar-refractivity contribution in [1.82, 2.24) is 0 Å². The van der Waals surface area contributed by atoms with Crippen molar-refractivity contribution < 1.29 is 12.8 Å². The summed E-state index contributed by atoms with van der Waals surface area (Å²) < 4.78 is 35.7. The number of halogens is 1. The van der Waals surface area contributed by atoms with Crippen LogP contribution in [0, 0.1) is 5.82 Å². The summed E-state index contributed by atoms with van der Waals surface area (Å²) in [4.78, 5) is -0.307. The van der Waals surface area contributed by atoms with Gasteiger partial charge in [0.05, 0.1) is 0 Å². The van der Waals surface area contributed by atoms with Gasteiger partial charge in [0.25, 0.3) is 0 Å². The fourth-order valence-electron chi connectivity index (χ4n) is 1.19. The molecule has 0 fully saturated rings. The zero-order valence-corrected chi connectivity index (χ0v) is 9.73. The van der Waals surface area contributed by atoms with E-state index in [9.17, 15) is 12.8 Å². The molecular weight excluding hydrogens is 217 g/mol. The normalized spacial score (nSPS) is 12.9. The van der Waals surface area contributed by atoms with E-state index >= 15 is 0 Å². The number of benzene rings is 1. The molecule has 3 nitrogen and oxygen atoms in total. The molecule has 1 aromatic rings. The summed E-state index contributed by atoms with van der Waals surface area (Å²) in [5, 5.41) is 0. The van der Waals surface area contributed by atoms with E-state index in [1.54, 1.807) is 13.8 Å². The van der Waals surface area contributed by atoms with E-state index in [0.29, 0.717) is 5.56 Å². The summed E-state index contributed by atoms with van der Waals surface area (Å²) in [5.74, 6) is -0.745. The number of nitrogens with two attached hydrogens (primary N) is 1. The van der Waals surface area contributed by atoms with Crippen LogP contribution in [0.15, 0.2) is 23.1 Å². The molecule has 0 aromatic heterocycles. The van der Waals surface area contributed by atoms with Gasteiger partial charge in [0.15, 0.2) is 9.84 Å². The van der Waals surface area contributed by atoms with Crippen LogP contribution in [0.25, 0.3) is 0 Å². The molecule has 0 aliphatic rings. The minimum atomic E-state index is -3.55. The lowest BCUT2D eigenvalue weighted by atomic mass is 9.96. The first-order valence-electron chi connectivity index (χ1n) is 4.41. The Morgan fingerprint density at radius 2 is 1.87 bits per heavy atom. The first kappa shape index (κ1) is 12.1. The van der Waals surface area contributed by atoms with Gasteiger partial charge < -0.3 is 5.73 Å². The van der Waals surface area contributed by atoms with Crippen LogP contribution < -0.4 is 5.73 Å². The molecule has 0 saturated heterocycles. The van der Waals surface area contributed by atoms with Gasteiger partial charge in [-0.3, -0.25) is 0 Å². The average Bonchev–Trinajstić information content (AvgIpc) is 2.00. The minimum Gasteiger partial charge on any atom is -0.322 e. The summed E-state index contributed by atoms with van der Waals surface area (Å²) in [6.07, 6.45) is 0.971. The standard InChI is InChI=1S/C10H14FNO2S/c1-10(2,12)7-4-5-8(11)9(6-7)15(3,13)14/h4-6H,12H2,1-3H3. The molecule has 84 valence electrons. The predicted molar refractivity (Wildman–Crippen MR) is 56.7 cm³/mol. The monoisotopic (exact) mass is 231 g/mol. The molecule has 0 bridgehead atoms. The highest BCUT2D eigenvalue weighted by Crippen LogP contribution is 2.22. The maximum atomic E-state index is 13.2. The summed E-state index contributed by atoms with van der Waals surface area (Å²) in [5.41, 5.74) is 5.70. The lowest BCUT2D eigenvalue weighted by Gasteiger charge is -2.19. The molecule has 5 heteroatoms. The summed E-state index contributed by atoms with van der Waals surface area (Å²) >= 11 is 0. The van der Waals surface area contributed by atoms with Crippen LogP contribution in [-0.4, -0.2) is 14.7 Å². The quantitative estimate of drug-likeness (QED) is 0.837. The van der Waals surface area contributed by atoms with Crippen LogP contribution in [0.4, 0.5) is 4.39 Å². The number of hydrogen-bond acceptors (Lipinski definition) is 3. The Bertz CT molecular complexity index is 475. The van der Waals surface area contributed by atoms with Crippen molar-refractivity contribution in [3.8, 4) is 0 Å². The number of rotatable bonds is 2. The van der Waals surface area contributed by atoms with Crippen molar-refractivity contribution in [3.63, 3.8) is 0 Å².